The summed E-state index contributed by atoms with van der Waals surface area (Å²) in [6, 6.07) is 13.0. The lowest BCUT2D eigenvalue weighted by molar-refractivity contribution is 0.0955. The third-order valence-electron chi connectivity index (χ3n) is 3.66. The Hall–Kier alpha value is -2.62. The molecule has 2 aromatic carbocycles. The first-order chi connectivity index (χ1) is 13.4. The number of sulfonamides is 1. The van der Waals surface area contributed by atoms with Crippen molar-refractivity contribution < 1.29 is 13.2 Å². The van der Waals surface area contributed by atoms with Crippen LogP contribution >= 0.6 is 22.9 Å². The molecule has 0 spiro atoms. The molecule has 1 amide bonds. The molecule has 0 aliphatic rings. The number of hydrogen-bond acceptors (Lipinski definition) is 6. The number of aromatic nitrogens is 1. The van der Waals surface area contributed by atoms with E-state index in [2.05, 4.69) is 20.3 Å². The molecule has 3 rings (SSSR count). The number of halogens is 1. The average Bonchev–Trinajstić information content (AvgIpc) is 3.19. The summed E-state index contributed by atoms with van der Waals surface area (Å²) in [6.45, 7) is 0.949. The number of hydrogen-bond donors (Lipinski definition) is 3. The number of nitrogens with zero attached hydrogens (tertiary/aromatic N) is 1. The second kappa shape index (κ2) is 9.05. The molecule has 1 heterocycles. The van der Waals surface area contributed by atoms with Crippen LogP contribution in [0.2, 0.25) is 5.02 Å². The van der Waals surface area contributed by atoms with Crippen molar-refractivity contribution >= 4 is 49.7 Å². The van der Waals surface area contributed by atoms with E-state index in [0.29, 0.717) is 23.7 Å². The summed E-state index contributed by atoms with van der Waals surface area (Å²) >= 11 is 7.01. The van der Waals surface area contributed by atoms with Crippen molar-refractivity contribution in [2.24, 2.45) is 0 Å². The van der Waals surface area contributed by atoms with E-state index in [1.807, 2.05) is 12.1 Å². The minimum Gasteiger partial charge on any atom is -0.383 e. The third-order valence-corrected chi connectivity index (χ3v) is 6.09. The topological polar surface area (TPSA) is 100 Å². The summed E-state index contributed by atoms with van der Waals surface area (Å²) in [4.78, 5) is 16.1. The van der Waals surface area contributed by atoms with Gasteiger partial charge in [0.05, 0.1) is 4.90 Å². The normalized spacial score (nSPS) is 11.0. The minimum absolute atomic E-state index is 0.0589. The van der Waals surface area contributed by atoms with Gasteiger partial charge in [-0.25, -0.2) is 13.4 Å². The van der Waals surface area contributed by atoms with Gasteiger partial charge in [0, 0.05) is 40.9 Å². The first kappa shape index (κ1) is 20.1. The molecule has 0 fully saturated rings. The van der Waals surface area contributed by atoms with Crippen LogP contribution in [0.25, 0.3) is 0 Å². The number of amides is 1. The van der Waals surface area contributed by atoms with Gasteiger partial charge in [-0.1, -0.05) is 11.6 Å². The molecule has 3 aromatic rings. The van der Waals surface area contributed by atoms with Gasteiger partial charge < -0.3 is 10.6 Å². The summed E-state index contributed by atoms with van der Waals surface area (Å²) in [7, 11) is -3.73. The first-order valence-electron chi connectivity index (χ1n) is 8.24. The number of carbonyl (C=O) groups is 1. The second-order valence-electron chi connectivity index (χ2n) is 5.66. The molecule has 0 bridgehead atoms. The summed E-state index contributed by atoms with van der Waals surface area (Å²) in [5.41, 5.74) is 1.28. The predicted molar refractivity (Wildman–Crippen MR) is 112 cm³/mol. The van der Waals surface area contributed by atoms with Crippen LogP contribution in [0.4, 0.5) is 10.8 Å². The Balaban J connectivity index is 1.51. The number of anilines is 2. The van der Waals surface area contributed by atoms with E-state index in [-0.39, 0.29) is 15.9 Å². The molecule has 0 atom stereocenters. The van der Waals surface area contributed by atoms with E-state index in [9.17, 15) is 13.2 Å². The van der Waals surface area contributed by atoms with Crippen LogP contribution in [0, 0.1) is 0 Å². The lowest BCUT2D eigenvalue weighted by Gasteiger charge is -2.09. The summed E-state index contributed by atoms with van der Waals surface area (Å²) < 4.78 is 27.0. The molecule has 0 aliphatic heterocycles. The smallest absolute Gasteiger partial charge is 0.263 e. The van der Waals surface area contributed by atoms with E-state index < -0.39 is 10.0 Å². The third kappa shape index (κ3) is 5.44. The van der Waals surface area contributed by atoms with E-state index in [1.54, 1.807) is 17.5 Å². The summed E-state index contributed by atoms with van der Waals surface area (Å²) in [6.07, 6.45) is 1.51. The molecular weight excluding hydrogens is 420 g/mol. The van der Waals surface area contributed by atoms with Gasteiger partial charge in [0.1, 0.15) is 0 Å². The zero-order valence-corrected chi connectivity index (χ0v) is 16.9. The highest BCUT2D eigenvalue weighted by atomic mass is 35.5. The lowest BCUT2D eigenvalue weighted by atomic mass is 10.2. The van der Waals surface area contributed by atoms with Crippen molar-refractivity contribution in [2.45, 2.75) is 4.90 Å². The van der Waals surface area contributed by atoms with Crippen LogP contribution in [0.15, 0.2) is 65.0 Å². The SMILES string of the molecule is O=C(NCCNc1ccc(Cl)cc1)c1ccc(S(=O)(=O)Nc2nccs2)cc1. The van der Waals surface area contributed by atoms with Crippen LogP contribution in [0.1, 0.15) is 10.4 Å². The van der Waals surface area contributed by atoms with Gasteiger partial charge in [-0.2, -0.15) is 0 Å². The van der Waals surface area contributed by atoms with Crippen molar-refractivity contribution in [1.82, 2.24) is 10.3 Å². The van der Waals surface area contributed by atoms with Crippen LogP contribution < -0.4 is 15.4 Å². The molecule has 0 radical (unpaired) electrons. The number of thiazole rings is 1. The maximum absolute atomic E-state index is 12.3. The summed E-state index contributed by atoms with van der Waals surface area (Å²) in [5, 5.41) is 8.56. The molecule has 28 heavy (non-hydrogen) atoms. The van der Waals surface area contributed by atoms with Gasteiger partial charge in [0.25, 0.3) is 15.9 Å². The average molecular weight is 437 g/mol. The Bertz CT molecular complexity index is 1020. The number of carbonyl (C=O) groups excluding carboxylic acids is 1. The van der Waals surface area contributed by atoms with Gasteiger partial charge in [0.2, 0.25) is 0 Å². The van der Waals surface area contributed by atoms with E-state index >= 15 is 0 Å². The molecule has 1 aromatic heterocycles. The minimum atomic E-state index is -3.73. The molecule has 0 aliphatic carbocycles. The molecule has 0 saturated carbocycles. The maximum atomic E-state index is 12.3. The fraction of sp³-hybridized carbons (Fsp3) is 0.111. The highest BCUT2D eigenvalue weighted by Crippen LogP contribution is 2.18. The van der Waals surface area contributed by atoms with Crippen molar-refractivity contribution in [3.8, 4) is 0 Å². The van der Waals surface area contributed by atoms with Gasteiger partial charge in [-0.3, -0.25) is 9.52 Å². The molecule has 146 valence electrons. The van der Waals surface area contributed by atoms with Crippen molar-refractivity contribution in [1.29, 1.82) is 0 Å². The molecular formula is C18H17ClN4O3S2. The van der Waals surface area contributed by atoms with Crippen molar-refractivity contribution in [3.05, 3.63) is 70.7 Å². The van der Waals surface area contributed by atoms with Gasteiger partial charge in [0.15, 0.2) is 5.13 Å². The van der Waals surface area contributed by atoms with Crippen LogP contribution in [-0.4, -0.2) is 32.4 Å². The number of benzene rings is 2. The fourth-order valence-corrected chi connectivity index (χ4v) is 4.20. The Morgan fingerprint density at radius 2 is 1.75 bits per heavy atom. The lowest BCUT2D eigenvalue weighted by Crippen LogP contribution is -2.28. The predicted octanol–water partition coefficient (Wildman–Crippen LogP) is 3.44. The Kier molecular flexibility index (Phi) is 6.50. The Morgan fingerprint density at radius 3 is 2.39 bits per heavy atom. The van der Waals surface area contributed by atoms with Crippen molar-refractivity contribution in [3.63, 3.8) is 0 Å². The van der Waals surface area contributed by atoms with Gasteiger partial charge in [-0.05, 0) is 48.5 Å². The van der Waals surface area contributed by atoms with E-state index in [1.165, 1.54) is 41.8 Å². The summed E-state index contributed by atoms with van der Waals surface area (Å²) in [5.74, 6) is -0.283. The molecule has 3 N–H and O–H groups in total. The highest BCUT2D eigenvalue weighted by Gasteiger charge is 2.16. The Labute approximate surface area is 171 Å². The van der Waals surface area contributed by atoms with E-state index in [0.717, 1.165) is 5.69 Å². The van der Waals surface area contributed by atoms with Gasteiger partial charge >= 0.3 is 0 Å². The molecule has 7 nitrogen and oxygen atoms in total. The zero-order valence-electron chi connectivity index (χ0n) is 14.6. The quantitative estimate of drug-likeness (QED) is 0.469. The largest absolute Gasteiger partial charge is 0.383 e. The number of nitrogens with one attached hydrogen (secondary N) is 3. The fourth-order valence-electron chi connectivity index (χ4n) is 2.29. The van der Waals surface area contributed by atoms with Gasteiger partial charge in [-0.15, -0.1) is 11.3 Å². The standard InChI is InChI=1S/C18H17ClN4O3S2/c19-14-3-5-15(6-4-14)20-9-10-21-17(24)13-1-7-16(8-2-13)28(25,26)23-18-22-11-12-27-18/h1-8,11-12,20H,9-10H2,(H,21,24)(H,22,23). The molecule has 0 unspecified atom stereocenters. The maximum Gasteiger partial charge on any atom is 0.263 e. The first-order valence-corrected chi connectivity index (χ1v) is 11.0. The van der Waals surface area contributed by atoms with Crippen LogP contribution in [0.5, 0.6) is 0 Å². The monoisotopic (exact) mass is 436 g/mol. The van der Waals surface area contributed by atoms with Crippen LogP contribution in [-0.2, 0) is 10.0 Å². The highest BCUT2D eigenvalue weighted by molar-refractivity contribution is 7.93. The van der Waals surface area contributed by atoms with Crippen molar-refractivity contribution in [2.75, 3.05) is 23.1 Å². The van der Waals surface area contributed by atoms with E-state index in [4.69, 9.17) is 11.6 Å². The second-order valence-corrected chi connectivity index (χ2v) is 8.67. The molecule has 10 heteroatoms. The molecule has 0 saturated heterocycles. The van der Waals surface area contributed by atoms with Crippen LogP contribution in [0.3, 0.4) is 0 Å². The Morgan fingerprint density at radius 1 is 1.04 bits per heavy atom. The number of rotatable bonds is 8. The zero-order chi connectivity index (χ0) is 20.0.